The van der Waals surface area contributed by atoms with E-state index in [2.05, 4.69) is 10.6 Å². The zero-order valence-electron chi connectivity index (χ0n) is 19.1. The van der Waals surface area contributed by atoms with E-state index in [1.54, 1.807) is 12.1 Å². The molecule has 0 saturated heterocycles. The number of rotatable bonds is 11. The van der Waals surface area contributed by atoms with Crippen LogP contribution < -0.4 is 16.4 Å². The maximum absolute atomic E-state index is 13.2. The lowest BCUT2D eigenvalue weighted by atomic mass is 10.0. The van der Waals surface area contributed by atoms with Gasteiger partial charge in [-0.05, 0) is 35.2 Å². The van der Waals surface area contributed by atoms with Crippen LogP contribution in [0.5, 0.6) is 5.75 Å². The van der Waals surface area contributed by atoms with Crippen molar-refractivity contribution in [1.29, 1.82) is 0 Å². The van der Waals surface area contributed by atoms with Crippen LogP contribution in [0.3, 0.4) is 0 Å². The lowest BCUT2D eigenvalue weighted by molar-refractivity contribution is -0.142. The number of benzene rings is 3. The first-order valence-corrected chi connectivity index (χ1v) is 11.3. The second-order valence-electron chi connectivity index (χ2n) is 8.32. The summed E-state index contributed by atoms with van der Waals surface area (Å²) in [6.45, 7) is 0. The van der Waals surface area contributed by atoms with Gasteiger partial charge < -0.3 is 26.6 Å². The van der Waals surface area contributed by atoms with Crippen LogP contribution in [0.25, 0.3) is 0 Å². The predicted molar refractivity (Wildman–Crippen MR) is 132 cm³/mol. The van der Waals surface area contributed by atoms with E-state index >= 15 is 0 Å². The van der Waals surface area contributed by atoms with Crippen LogP contribution in [0.1, 0.15) is 16.7 Å². The van der Waals surface area contributed by atoms with Gasteiger partial charge in [0.2, 0.25) is 11.8 Å². The maximum Gasteiger partial charge on any atom is 0.326 e. The van der Waals surface area contributed by atoms with Gasteiger partial charge in [0, 0.05) is 12.8 Å². The van der Waals surface area contributed by atoms with Gasteiger partial charge in [0.15, 0.2) is 0 Å². The van der Waals surface area contributed by atoms with Crippen molar-refractivity contribution in [3.63, 3.8) is 0 Å². The summed E-state index contributed by atoms with van der Waals surface area (Å²) in [6.07, 6.45) is 0.480. The van der Waals surface area contributed by atoms with Crippen LogP contribution in [0.4, 0.5) is 0 Å². The smallest absolute Gasteiger partial charge is 0.326 e. The zero-order valence-corrected chi connectivity index (χ0v) is 19.1. The van der Waals surface area contributed by atoms with Crippen molar-refractivity contribution in [2.45, 2.75) is 37.4 Å². The molecule has 35 heavy (non-hydrogen) atoms. The fraction of sp³-hybridized carbons (Fsp3) is 0.222. The third-order valence-electron chi connectivity index (χ3n) is 5.54. The molecule has 0 heterocycles. The molecule has 8 heteroatoms. The number of phenols is 1. The Kier molecular flexibility index (Phi) is 8.97. The molecule has 0 bridgehead atoms. The Bertz CT molecular complexity index is 1120. The van der Waals surface area contributed by atoms with Gasteiger partial charge in [-0.15, -0.1) is 0 Å². The van der Waals surface area contributed by atoms with E-state index in [9.17, 15) is 24.6 Å². The summed E-state index contributed by atoms with van der Waals surface area (Å²) >= 11 is 0. The highest BCUT2D eigenvalue weighted by Crippen LogP contribution is 2.12. The SMILES string of the molecule is N[C@@H](Cc1ccccc1)C(=O)N[C@@H](Cc1ccccc1)C(=O)N[C@@H](Cc1ccc(O)cc1)C(=O)O. The van der Waals surface area contributed by atoms with Crippen LogP contribution in [0.2, 0.25) is 0 Å². The van der Waals surface area contributed by atoms with Gasteiger partial charge in [0.1, 0.15) is 17.8 Å². The van der Waals surface area contributed by atoms with Gasteiger partial charge in [-0.3, -0.25) is 9.59 Å². The standard InChI is InChI=1S/C27H29N3O5/c28-22(15-18-7-3-1-4-8-18)25(32)29-23(16-19-9-5-2-6-10-19)26(33)30-24(27(34)35)17-20-11-13-21(31)14-12-20/h1-14,22-24,31H,15-17,28H2,(H,29,32)(H,30,33)(H,34,35)/t22-,23-,24-/m0/s1. The van der Waals surface area contributed by atoms with E-state index in [4.69, 9.17) is 5.73 Å². The molecule has 0 aliphatic rings. The summed E-state index contributed by atoms with van der Waals surface area (Å²) in [7, 11) is 0. The van der Waals surface area contributed by atoms with Gasteiger partial charge in [-0.1, -0.05) is 72.8 Å². The first-order chi connectivity index (χ1) is 16.8. The van der Waals surface area contributed by atoms with Crippen LogP contribution in [-0.4, -0.2) is 46.1 Å². The molecule has 0 saturated carbocycles. The molecule has 3 aromatic carbocycles. The molecule has 0 spiro atoms. The van der Waals surface area contributed by atoms with Crippen LogP contribution >= 0.6 is 0 Å². The molecule has 0 unspecified atom stereocenters. The van der Waals surface area contributed by atoms with E-state index in [1.165, 1.54) is 12.1 Å². The minimum Gasteiger partial charge on any atom is -0.508 e. The Morgan fingerprint density at radius 1 is 0.657 bits per heavy atom. The maximum atomic E-state index is 13.2. The number of aromatic hydroxyl groups is 1. The minimum absolute atomic E-state index is 0.0148. The summed E-state index contributed by atoms with van der Waals surface area (Å²) in [5, 5.41) is 24.4. The normalized spacial score (nSPS) is 13.3. The van der Waals surface area contributed by atoms with Crippen molar-refractivity contribution in [3.8, 4) is 5.75 Å². The second-order valence-corrected chi connectivity index (χ2v) is 8.32. The lowest BCUT2D eigenvalue weighted by Gasteiger charge is -2.23. The first-order valence-electron chi connectivity index (χ1n) is 11.3. The topological polar surface area (TPSA) is 142 Å². The quantitative estimate of drug-likeness (QED) is 0.286. The fourth-order valence-electron chi connectivity index (χ4n) is 3.64. The van der Waals surface area contributed by atoms with Crippen LogP contribution in [0.15, 0.2) is 84.9 Å². The molecule has 2 amide bonds. The second kappa shape index (κ2) is 12.3. The van der Waals surface area contributed by atoms with Gasteiger partial charge in [-0.2, -0.15) is 0 Å². The predicted octanol–water partition coefficient (Wildman–Crippen LogP) is 1.80. The van der Waals surface area contributed by atoms with Gasteiger partial charge in [-0.25, -0.2) is 4.79 Å². The van der Waals surface area contributed by atoms with E-state index in [-0.39, 0.29) is 18.6 Å². The minimum atomic E-state index is -1.22. The van der Waals surface area contributed by atoms with E-state index in [0.29, 0.717) is 12.0 Å². The fourth-order valence-corrected chi connectivity index (χ4v) is 3.64. The van der Waals surface area contributed by atoms with Gasteiger partial charge in [0.25, 0.3) is 0 Å². The number of amides is 2. The Hall–Kier alpha value is -4.17. The van der Waals surface area contributed by atoms with Crippen molar-refractivity contribution >= 4 is 17.8 Å². The van der Waals surface area contributed by atoms with Crippen LogP contribution in [-0.2, 0) is 33.6 Å². The highest BCUT2D eigenvalue weighted by molar-refractivity contribution is 5.92. The molecular weight excluding hydrogens is 446 g/mol. The molecule has 8 nitrogen and oxygen atoms in total. The highest BCUT2D eigenvalue weighted by Gasteiger charge is 2.28. The van der Waals surface area contributed by atoms with Crippen molar-refractivity contribution in [3.05, 3.63) is 102 Å². The summed E-state index contributed by atoms with van der Waals surface area (Å²) in [5.41, 5.74) is 8.41. The average Bonchev–Trinajstić information content (AvgIpc) is 2.85. The van der Waals surface area contributed by atoms with Gasteiger partial charge >= 0.3 is 5.97 Å². The number of carbonyl (C=O) groups is 3. The highest BCUT2D eigenvalue weighted by atomic mass is 16.4. The number of carboxylic acid groups (broad SMARTS) is 1. The molecule has 3 aromatic rings. The molecule has 0 fully saturated rings. The molecule has 0 aliphatic heterocycles. The Morgan fingerprint density at radius 3 is 1.66 bits per heavy atom. The number of carboxylic acids is 1. The number of aliphatic carboxylic acids is 1. The average molecular weight is 476 g/mol. The number of carbonyl (C=O) groups excluding carboxylic acids is 2. The first kappa shape index (κ1) is 25.5. The largest absolute Gasteiger partial charge is 0.508 e. The molecule has 0 aliphatic carbocycles. The number of hydrogen-bond acceptors (Lipinski definition) is 5. The van der Waals surface area contributed by atoms with Crippen molar-refractivity contribution in [2.75, 3.05) is 0 Å². The number of hydrogen-bond donors (Lipinski definition) is 5. The molecule has 3 rings (SSSR count). The van der Waals surface area contributed by atoms with Gasteiger partial charge in [0.05, 0.1) is 6.04 Å². The lowest BCUT2D eigenvalue weighted by Crippen LogP contribution is -2.55. The zero-order chi connectivity index (χ0) is 25.2. The summed E-state index contributed by atoms with van der Waals surface area (Å²) in [4.78, 5) is 37.8. The Labute approximate surface area is 203 Å². The molecule has 0 aromatic heterocycles. The number of nitrogens with one attached hydrogen (secondary N) is 2. The third-order valence-corrected chi connectivity index (χ3v) is 5.54. The van der Waals surface area contributed by atoms with E-state index in [0.717, 1.165) is 11.1 Å². The van der Waals surface area contributed by atoms with Crippen molar-refractivity contribution in [2.24, 2.45) is 5.73 Å². The molecule has 182 valence electrons. The molecule has 3 atom stereocenters. The number of nitrogens with two attached hydrogens (primary N) is 1. The third kappa shape index (κ3) is 7.97. The Balaban J connectivity index is 1.72. The van der Waals surface area contributed by atoms with Crippen LogP contribution in [0, 0.1) is 0 Å². The summed E-state index contributed by atoms with van der Waals surface area (Å²) in [6, 6.07) is 21.4. The Morgan fingerprint density at radius 2 is 1.11 bits per heavy atom. The summed E-state index contributed by atoms with van der Waals surface area (Å²) < 4.78 is 0. The molecule has 6 N–H and O–H groups in total. The monoisotopic (exact) mass is 475 g/mol. The van der Waals surface area contributed by atoms with Crippen molar-refractivity contribution in [1.82, 2.24) is 10.6 Å². The summed E-state index contributed by atoms with van der Waals surface area (Å²) in [5.74, 6) is -2.28. The van der Waals surface area contributed by atoms with E-state index < -0.39 is 35.9 Å². The molecular formula is C27H29N3O5. The van der Waals surface area contributed by atoms with E-state index in [1.807, 2.05) is 60.7 Å². The number of phenolic OH excluding ortho intramolecular Hbond substituents is 1. The van der Waals surface area contributed by atoms with Crippen molar-refractivity contribution < 1.29 is 24.6 Å². The molecule has 0 radical (unpaired) electrons.